The first-order chi connectivity index (χ1) is 10.3. The van der Waals surface area contributed by atoms with Gasteiger partial charge in [-0.05, 0) is 57.0 Å². The Morgan fingerprint density at radius 2 is 1.86 bits per heavy atom. The number of carbonyl (C=O) groups is 1. The third-order valence-corrected chi connectivity index (χ3v) is 5.46. The van der Waals surface area contributed by atoms with Crippen LogP contribution in [0.3, 0.4) is 0 Å². The highest BCUT2D eigenvalue weighted by atomic mass is 16.5. The zero-order valence-corrected chi connectivity index (χ0v) is 12.4. The molecule has 3 aliphatic rings. The molecule has 0 radical (unpaired) electrons. The Morgan fingerprint density at radius 1 is 1.14 bits per heavy atom. The monoisotopic (exact) mass is 289 g/mol. The maximum Gasteiger partial charge on any atom is 0.276 e. The van der Waals surface area contributed by atoms with Crippen LogP contribution in [-0.2, 0) is 12.8 Å². The SMILES string of the molecule is O=C(c1noc2c1CCCC2)N1CC[C@@H]2CNC[C@@H]2CC1. The Bertz CT molecular complexity index is 526. The summed E-state index contributed by atoms with van der Waals surface area (Å²) in [4.78, 5) is 14.8. The van der Waals surface area contributed by atoms with Crippen LogP contribution in [0.15, 0.2) is 4.52 Å². The summed E-state index contributed by atoms with van der Waals surface area (Å²) in [5, 5.41) is 7.57. The van der Waals surface area contributed by atoms with Crippen LogP contribution >= 0.6 is 0 Å². The lowest BCUT2D eigenvalue weighted by Crippen LogP contribution is -2.33. The fraction of sp³-hybridized carbons (Fsp3) is 0.750. The van der Waals surface area contributed by atoms with Crippen LogP contribution in [0.2, 0.25) is 0 Å². The molecule has 0 unspecified atom stereocenters. The molecule has 1 aliphatic carbocycles. The van der Waals surface area contributed by atoms with E-state index in [2.05, 4.69) is 10.5 Å². The Kier molecular flexibility index (Phi) is 3.45. The Hall–Kier alpha value is -1.36. The zero-order chi connectivity index (χ0) is 14.2. The molecule has 5 nitrogen and oxygen atoms in total. The minimum absolute atomic E-state index is 0.0924. The molecule has 0 saturated carbocycles. The summed E-state index contributed by atoms with van der Waals surface area (Å²) < 4.78 is 5.40. The van der Waals surface area contributed by atoms with E-state index < -0.39 is 0 Å². The van der Waals surface area contributed by atoms with Gasteiger partial charge in [0.05, 0.1) is 0 Å². The lowest BCUT2D eigenvalue weighted by molar-refractivity contribution is 0.0747. The van der Waals surface area contributed by atoms with E-state index in [9.17, 15) is 4.79 Å². The van der Waals surface area contributed by atoms with Gasteiger partial charge in [0.15, 0.2) is 5.69 Å². The molecule has 1 N–H and O–H groups in total. The Morgan fingerprint density at radius 3 is 2.62 bits per heavy atom. The maximum atomic E-state index is 12.8. The van der Waals surface area contributed by atoms with E-state index in [0.29, 0.717) is 5.69 Å². The molecule has 4 rings (SSSR count). The standard InChI is InChI=1S/C16H23N3O2/c20-16(15-13-3-1-2-4-14(13)21-18-15)19-7-5-11-9-17-10-12(11)6-8-19/h11-12,17H,1-10H2/t11-,12+. The second-order valence-electron chi connectivity index (χ2n) is 6.69. The maximum absolute atomic E-state index is 12.8. The van der Waals surface area contributed by atoms with E-state index in [1.165, 1.54) is 0 Å². The van der Waals surface area contributed by atoms with E-state index in [4.69, 9.17) is 4.52 Å². The smallest absolute Gasteiger partial charge is 0.276 e. The molecule has 1 amide bonds. The number of nitrogens with one attached hydrogen (secondary N) is 1. The molecule has 3 heterocycles. The summed E-state index contributed by atoms with van der Waals surface area (Å²) in [5.74, 6) is 2.53. The van der Waals surface area contributed by atoms with Crippen molar-refractivity contribution in [1.82, 2.24) is 15.4 Å². The highest BCUT2D eigenvalue weighted by Crippen LogP contribution is 2.29. The highest BCUT2D eigenvalue weighted by Gasteiger charge is 2.33. The van der Waals surface area contributed by atoms with Crippen LogP contribution in [0.4, 0.5) is 0 Å². The fourth-order valence-corrected chi connectivity index (χ4v) is 4.12. The largest absolute Gasteiger partial charge is 0.360 e. The van der Waals surface area contributed by atoms with E-state index in [0.717, 1.165) is 87.9 Å². The van der Waals surface area contributed by atoms with Crippen molar-refractivity contribution in [3.8, 4) is 0 Å². The van der Waals surface area contributed by atoms with Gasteiger partial charge in [-0.1, -0.05) is 5.16 Å². The number of hydrogen-bond acceptors (Lipinski definition) is 4. The first-order valence-electron chi connectivity index (χ1n) is 8.30. The lowest BCUT2D eigenvalue weighted by Gasteiger charge is -2.20. The number of rotatable bonds is 1. The molecule has 1 aromatic heterocycles. The van der Waals surface area contributed by atoms with Crippen molar-refractivity contribution in [3.05, 3.63) is 17.0 Å². The topological polar surface area (TPSA) is 58.4 Å². The van der Waals surface area contributed by atoms with Crippen LogP contribution in [-0.4, -0.2) is 42.1 Å². The summed E-state index contributed by atoms with van der Waals surface area (Å²) in [5.41, 5.74) is 1.67. The number of aryl methyl sites for hydroxylation is 1. The van der Waals surface area contributed by atoms with Crippen LogP contribution in [0.1, 0.15) is 47.5 Å². The van der Waals surface area contributed by atoms with Gasteiger partial charge in [0, 0.05) is 25.1 Å². The van der Waals surface area contributed by atoms with Crippen molar-refractivity contribution in [3.63, 3.8) is 0 Å². The molecule has 0 aromatic carbocycles. The lowest BCUT2D eigenvalue weighted by atomic mass is 9.92. The normalized spacial score (nSPS) is 28.9. The number of nitrogens with zero attached hydrogens (tertiary/aromatic N) is 2. The molecule has 0 bridgehead atoms. The summed E-state index contributed by atoms with van der Waals surface area (Å²) >= 11 is 0. The average molecular weight is 289 g/mol. The molecular formula is C16H23N3O2. The van der Waals surface area contributed by atoms with Gasteiger partial charge >= 0.3 is 0 Å². The van der Waals surface area contributed by atoms with Crippen LogP contribution in [0.25, 0.3) is 0 Å². The van der Waals surface area contributed by atoms with Crippen molar-refractivity contribution in [2.75, 3.05) is 26.2 Å². The number of carbonyl (C=O) groups excluding carboxylic acids is 1. The number of hydrogen-bond donors (Lipinski definition) is 1. The van der Waals surface area contributed by atoms with E-state index in [1.807, 2.05) is 4.90 Å². The van der Waals surface area contributed by atoms with Gasteiger partial charge in [0.2, 0.25) is 0 Å². The molecule has 0 spiro atoms. The van der Waals surface area contributed by atoms with Crippen molar-refractivity contribution >= 4 is 5.91 Å². The van der Waals surface area contributed by atoms with Gasteiger partial charge in [-0.2, -0.15) is 0 Å². The van der Waals surface area contributed by atoms with Gasteiger partial charge < -0.3 is 14.7 Å². The molecular weight excluding hydrogens is 266 g/mol. The van der Waals surface area contributed by atoms with Crippen molar-refractivity contribution in [1.29, 1.82) is 0 Å². The summed E-state index contributed by atoms with van der Waals surface area (Å²) in [6.07, 6.45) is 6.40. The molecule has 114 valence electrons. The Balaban J connectivity index is 1.51. The number of amides is 1. The van der Waals surface area contributed by atoms with Gasteiger partial charge in [-0.25, -0.2) is 0 Å². The fourth-order valence-electron chi connectivity index (χ4n) is 4.12. The van der Waals surface area contributed by atoms with Crippen LogP contribution < -0.4 is 5.32 Å². The number of aromatic nitrogens is 1. The summed E-state index contributed by atoms with van der Waals surface area (Å²) in [7, 11) is 0. The average Bonchev–Trinajstić information content (AvgIpc) is 3.09. The minimum atomic E-state index is 0.0924. The van der Waals surface area contributed by atoms with Gasteiger partial charge in [0.1, 0.15) is 5.76 Å². The second-order valence-corrected chi connectivity index (χ2v) is 6.69. The van der Waals surface area contributed by atoms with E-state index in [1.54, 1.807) is 0 Å². The van der Waals surface area contributed by atoms with Gasteiger partial charge in [0.25, 0.3) is 5.91 Å². The minimum Gasteiger partial charge on any atom is -0.360 e. The zero-order valence-electron chi connectivity index (χ0n) is 12.4. The van der Waals surface area contributed by atoms with Crippen molar-refractivity contribution < 1.29 is 9.32 Å². The van der Waals surface area contributed by atoms with Crippen LogP contribution in [0.5, 0.6) is 0 Å². The van der Waals surface area contributed by atoms with Gasteiger partial charge in [-0.15, -0.1) is 0 Å². The van der Waals surface area contributed by atoms with E-state index >= 15 is 0 Å². The summed E-state index contributed by atoms with van der Waals surface area (Å²) in [6.45, 7) is 3.96. The molecule has 5 heteroatoms. The Labute approximate surface area is 125 Å². The first-order valence-corrected chi connectivity index (χ1v) is 8.30. The number of likely N-dealkylation sites (tertiary alicyclic amines) is 1. The molecule has 2 atom stereocenters. The predicted octanol–water partition coefficient (Wildman–Crippen LogP) is 1.62. The molecule has 1 aromatic rings. The molecule has 2 saturated heterocycles. The third-order valence-electron chi connectivity index (χ3n) is 5.46. The highest BCUT2D eigenvalue weighted by molar-refractivity contribution is 5.94. The molecule has 2 aliphatic heterocycles. The quantitative estimate of drug-likeness (QED) is 0.853. The summed E-state index contributed by atoms with van der Waals surface area (Å²) in [6, 6.07) is 0. The molecule has 21 heavy (non-hydrogen) atoms. The first kappa shape index (κ1) is 13.3. The number of fused-ring (bicyclic) bond motifs is 2. The van der Waals surface area contributed by atoms with Gasteiger partial charge in [-0.3, -0.25) is 4.79 Å². The van der Waals surface area contributed by atoms with Crippen molar-refractivity contribution in [2.45, 2.75) is 38.5 Å². The molecule has 2 fully saturated rings. The van der Waals surface area contributed by atoms with Crippen LogP contribution in [0, 0.1) is 11.8 Å². The second kappa shape index (κ2) is 5.44. The van der Waals surface area contributed by atoms with E-state index in [-0.39, 0.29) is 5.91 Å². The van der Waals surface area contributed by atoms with Crippen molar-refractivity contribution in [2.24, 2.45) is 11.8 Å². The third kappa shape index (κ3) is 2.37. The predicted molar refractivity (Wildman–Crippen MR) is 78.1 cm³/mol.